The maximum absolute atomic E-state index is 12.5. The van der Waals surface area contributed by atoms with E-state index in [4.69, 9.17) is 11.6 Å². The third-order valence-corrected chi connectivity index (χ3v) is 6.26. The molecule has 0 aliphatic heterocycles. The van der Waals surface area contributed by atoms with Gasteiger partial charge in [-0.1, -0.05) is 17.7 Å². The van der Waals surface area contributed by atoms with Crippen molar-refractivity contribution in [2.24, 2.45) is 0 Å². The third kappa shape index (κ3) is 3.67. The number of halogens is 1. The third-order valence-electron chi connectivity index (χ3n) is 3.62. The molecule has 0 saturated carbocycles. The molecule has 0 saturated heterocycles. The average Bonchev–Trinajstić information content (AvgIpc) is 3.10. The molecule has 0 radical (unpaired) electrons. The monoisotopic (exact) mass is 378 g/mol. The summed E-state index contributed by atoms with van der Waals surface area (Å²) in [5.74, 6) is 0. The van der Waals surface area contributed by atoms with Gasteiger partial charge < -0.3 is 0 Å². The lowest BCUT2D eigenvalue weighted by molar-refractivity contribution is 0.580. The van der Waals surface area contributed by atoms with Gasteiger partial charge in [-0.05, 0) is 58.6 Å². The molecule has 0 fully saturated rings. The molecule has 2 aromatic heterocycles. The van der Waals surface area contributed by atoms with E-state index in [1.54, 1.807) is 48.9 Å². The molecule has 0 spiro atoms. The fourth-order valence-electron chi connectivity index (χ4n) is 2.31. The molecule has 24 heavy (non-hydrogen) atoms. The Morgan fingerprint density at radius 2 is 2.04 bits per heavy atom. The van der Waals surface area contributed by atoms with Crippen LogP contribution in [-0.4, -0.2) is 13.4 Å². The van der Waals surface area contributed by atoms with Gasteiger partial charge in [0.25, 0.3) is 0 Å². The first-order chi connectivity index (χ1) is 11.5. The van der Waals surface area contributed by atoms with Crippen LogP contribution < -0.4 is 4.72 Å². The minimum atomic E-state index is -3.64. The molecule has 1 N–H and O–H groups in total. The van der Waals surface area contributed by atoms with Crippen LogP contribution in [0.25, 0.3) is 11.1 Å². The van der Waals surface area contributed by atoms with Gasteiger partial charge in [0, 0.05) is 29.5 Å². The number of hydrogen-bond acceptors (Lipinski definition) is 4. The second-order valence-corrected chi connectivity index (χ2v) is 8.20. The molecule has 2 heterocycles. The van der Waals surface area contributed by atoms with Crippen molar-refractivity contribution >= 4 is 33.0 Å². The van der Waals surface area contributed by atoms with Crippen molar-refractivity contribution in [3.05, 3.63) is 69.6 Å². The van der Waals surface area contributed by atoms with E-state index in [9.17, 15) is 8.42 Å². The number of pyridine rings is 1. The second-order valence-electron chi connectivity index (χ2n) is 5.28. The predicted molar refractivity (Wildman–Crippen MR) is 97.8 cm³/mol. The van der Waals surface area contributed by atoms with E-state index < -0.39 is 10.0 Å². The molecule has 3 aromatic rings. The molecule has 7 heteroatoms. The molecule has 0 amide bonds. The van der Waals surface area contributed by atoms with Crippen LogP contribution >= 0.6 is 22.9 Å². The molecular weight excluding hydrogens is 364 g/mol. The summed E-state index contributed by atoms with van der Waals surface area (Å²) in [6.07, 6.45) is 3.42. The highest BCUT2D eigenvalue weighted by atomic mass is 35.5. The Labute approximate surface area is 150 Å². The van der Waals surface area contributed by atoms with Crippen molar-refractivity contribution in [3.8, 4) is 11.1 Å². The van der Waals surface area contributed by atoms with Crippen LogP contribution in [0.4, 0.5) is 0 Å². The Morgan fingerprint density at radius 3 is 2.79 bits per heavy atom. The first-order valence-corrected chi connectivity index (χ1v) is 9.99. The van der Waals surface area contributed by atoms with Crippen molar-refractivity contribution in [1.29, 1.82) is 0 Å². The highest BCUT2D eigenvalue weighted by Gasteiger charge is 2.17. The van der Waals surface area contributed by atoms with Crippen LogP contribution in [0.2, 0.25) is 5.02 Å². The minimum absolute atomic E-state index is 0.166. The lowest BCUT2D eigenvalue weighted by Crippen LogP contribution is -2.24. The van der Waals surface area contributed by atoms with E-state index in [1.807, 2.05) is 22.9 Å². The number of sulfonamides is 1. The molecule has 0 aliphatic carbocycles. The Morgan fingerprint density at radius 1 is 1.21 bits per heavy atom. The van der Waals surface area contributed by atoms with Gasteiger partial charge in [0.2, 0.25) is 10.0 Å². The zero-order chi connectivity index (χ0) is 17.2. The summed E-state index contributed by atoms with van der Waals surface area (Å²) < 4.78 is 27.6. The summed E-state index contributed by atoms with van der Waals surface area (Å²) in [6.45, 7) is 1.86. The molecule has 4 nitrogen and oxygen atoms in total. The summed E-state index contributed by atoms with van der Waals surface area (Å²) in [5, 5.41) is 4.45. The average molecular weight is 379 g/mol. The molecule has 124 valence electrons. The summed E-state index contributed by atoms with van der Waals surface area (Å²) in [5.41, 5.74) is 3.37. The van der Waals surface area contributed by atoms with Gasteiger partial charge in [-0.2, -0.15) is 11.3 Å². The summed E-state index contributed by atoms with van der Waals surface area (Å²) >= 11 is 7.62. The Balaban J connectivity index is 1.80. The van der Waals surface area contributed by atoms with E-state index in [2.05, 4.69) is 9.71 Å². The molecule has 0 bridgehead atoms. The van der Waals surface area contributed by atoms with E-state index in [0.717, 1.165) is 16.7 Å². The fraction of sp³-hybridized carbons (Fsp3) is 0.118. The minimum Gasteiger partial charge on any atom is -0.264 e. The number of nitrogens with one attached hydrogen (secondary N) is 1. The summed E-state index contributed by atoms with van der Waals surface area (Å²) in [4.78, 5) is 4.39. The van der Waals surface area contributed by atoms with E-state index in [-0.39, 0.29) is 11.4 Å². The lowest BCUT2D eigenvalue weighted by Gasteiger charge is -2.10. The van der Waals surface area contributed by atoms with Gasteiger partial charge in [-0.15, -0.1) is 0 Å². The summed E-state index contributed by atoms with van der Waals surface area (Å²) in [7, 11) is -3.64. The number of nitrogens with zero attached hydrogens (tertiary/aromatic N) is 1. The highest BCUT2D eigenvalue weighted by Crippen LogP contribution is 2.24. The lowest BCUT2D eigenvalue weighted by atomic mass is 10.1. The Kier molecular flexibility index (Phi) is 5.01. The standard InChI is InChI=1S/C17H15ClN2O2S2/c1-12-16(18)3-2-4-17(12)24(21,22)20-9-13-7-15(10-19-8-13)14-5-6-23-11-14/h2-8,10-11,20H,9H2,1H3. The zero-order valence-electron chi connectivity index (χ0n) is 12.9. The zero-order valence-corrected chi connectivity index (χ0v) is 15.3. The molecule has 0 atom stereocenters. The van der Waals surface area contributed by atoms with Crippen LogP contribution in [0.1, 0.15) is 11.1 Å². The van der Waals surface area contributed by atoms with Gasteiger partial charge in [-0.3, -0.25) is 4.98 Å². The van der Waals surface area contributed by atoms with Crippen molar-refractivity contribution in [3.63, 3.8) is 0 Å². The molecule has 0 aliphatic rings. The number of hydrogen-bond donors (Lipinski definition) is 1. The van der Waals surface area contributed by atoms with E-state index in [1.165, 1.54) is 0 Å². The normalized spacial score (nSPS) is 11.6. The topological polar surface area (TPSA) is 59.1 Å². The largest absolute Gasteiger partial charge is 0.264 e. The van der Waals surface area contributed by atoms with Crippen LogP contribution in [0.3, 0.4) is 0 Å². The molecular formula is C17H15ClN2O2S2. The Bertz CT molecular complexity index is 954. The number of rotatable bonds is 5. The number of benzene rings is 1. The number of thiophene rings is 1. The van der Waals surface area contributed by atoms with Gasteiger partial charge in [0.15, 0.2) is 0 Å². The van der Waals surface area contributed by atoms with E-state index in [0.29, 0.717) is 10.6 Å². The van der Waals surface area contributed by atoms with Crippen LogP contribution in [0, 0.1) is 6.92 Å². The maximum atomic E-state index is 12.5. The molecule has 0 unspecified atom stereocenters. The van der Waals surface area contributed by atoms with Crippen molar-refractivity contribution < 1.29 is 8.42 Å². The van der Waals surface area contributed by atoms with Crippen molar-refractivity contribution in [1.82, 2.24) is 9.71 Å². The molecule has 3 rings (SSSR count). The number of aromatic nitrogens is 1. The van der Waals surface area contributed by atoms with E-state index >= 15 is 0 Å². The van der Waals surface area contributed by atoms with Crippen molar-refractivity contribution in [2.45, 2.75) is 18.4 Å². The quantitative estimate of drug-likeness (QED) is 0.722. The first kappa shape index (κ1) is 17.1. The highest BCUT2D eigenvalue weighted by molar-refractivity contribution is 7.89. The Hall–Kier alpha value is -1.73. The molecule has 1 aromatic carbocycles. The smallest absolute Gasteiger partial charge is 0.241 e. The van der Waals surface area contributed by atoms with Gasteiger partial charge in [-0.25, -0.2) is 13.1 Å². The van der Waals surface area contributed by atoms with Crippen LogP contribution in [0.15, 0.2) is 58.4 Å². The van der Waals surface area contributed by atoms with Gasteiger partial charge in [0.1, 0.15) is 0 Å². The van der Waals surface area contributed by atoms with Crippen LogP contribution in [-0.2, 0) is 16.6 Å². The summed E-state index contributed by atoms with van der Waals surface area (Å²) in [6, 6.07) is 8.78. The maximum Gasteiger partial charge on any atom is 0.241 e. The van der Waals surface area contributed by atoms with Gasteiger partial charge in [0.05, 0.1) is 4.90 Å². The van der Waals surface area contributed by atoms with Crippen LogP contribution in [0.5, 0.6) is 0 Å². The second kappa shape index (κ2) is 7.03. The SMILES string of the molecule is Cc1c(Cl)cccc1S(=O)(=O)NCc1cncc(-c2ccsc2)c1. The fourth-order valence-corrected chi connectivity index (χ4v) is 4.48. The van der Waals surface area contributed by atoms with Crippen molar-refractivity contribution in [2.75, 3.05) is 0 Å². The first-order valence-electron chi connectivity index (χ1n) is 7.18. The van der Waals surface area contributed by atoms with Gasteiger partial charge >= 0.3 is 0 Å². The predicted octanol–water partition coefficient (Wildman–Crippen LogP) is 4.25.